The Morgan fingerprint density at radius 2 is 2.19 bits per heavy atom. The van der Waals surface area contributed by atoms with Crippen LogP contribution in [0.3, 0.4) is 0 Å². The number of nitrogens with one attached hydrogen (secondary N) is 1. The third kappa shape index (κ3) is 2.95. The maximum absolute atomic E-state index is 10.7. The maximum Gasteiger partial charge on any atom is 0.271 e. The van der Waals surface area contributed by atoms with Crippen molar-refractivity contribution >= 4 is 11.4 Å². The third-order valence-electron chi connectivity index (χ3n) is 2.85. The molecule has 4 heteroatoms. The number of hydrogen-bond acceptors (Lipinski definition) is 3. The van der Waals surface area contributed by atoms with E-state index in [-0.39, 0.29) is 10.6 Å². The summed E-state index contributed by atoms with van der Waals surface area (Å²) < 4.78 is 0. The van der Waals surface area contributed by atoms with Gasteiger partial charge >= 0.3 is 0 Å². The van der Waals surface area contributed by atoms with Crippen molar-refractivity contribution in [2.75, 3.05) is 11.9 Å². The van der Waals surface area contributed by atoms with Crippen LogP contribution in [0.4, 0.5) is 11.4 Å². The maximum atomic E-state index is 10.7. The van der Waals surface area contributed by atoms with Crippen LogP contribution < -0.4 is 5.32 Å². The Kier molecular flexibility index (Phi) is 3.08. The molecule has 0 heterocycles. The van der Waals surface area contributed by atoms with E-state index < -0.39 is 0 Å². The van der Waals surface area contributed by atoms with Crippen molar-refractivity contribution in [1.29, 1.82) is 0 Å². The molecule has 4 nitrogen and oxygen atoms in total. The molecule has 1 aliphatic rings. The fraction of sp³-hybridized carbons (Fsp3) is 0.500. The minimum absolute atomic E-state index is 0.161. The first-order valence-corrected chi connectivity index (χ1v) is 5.65. The van der Waals surface area contributed by atoms with Crippen molar-refractivity contribution in [1.82, 2.24) is 0 Å². The highest BCUT2D eigenvalue weighted by atomic mass is 16.6. The van der Waals surface area contributed by atoms with E-state index in [0.717, 1.165) is 23.7 Å². The quantitative estimate of drug-likeness (QED) is 0.612. The van der Waals surface area contributed by atoms with Crippen LogP contribution in [0.5, 0.6) is 0 Å². The van der Waals surface area contributed by atoms with Crippen LogP contribution in [0.15, 0.2) is 18.2 Å². The van der Waals surface area contributed by atoms with Gasteiger partial charge in [0.1, 0.15) is 0 Å². The standard InChI is InChI=1S/C12H16N2O2/c1-9-6-11(8-12(7-9)14(15)16)13-5-4-10-2-3-10/h6-8,10,13H,2-5H2,1H3. The van der Waals surface area contributed by atoms with Crippen LogP contribution in [-0.2, 0) is 0 Å². The molecule has 0 spiro atoms. The van der Waals surface area contributed by atoms with E-state index in [4.69, 9.17) is 0 Å². The molecule has 1 N–H and O–H groups in total. The Balaban J connectivity index is 1.98. The number of rotatable bonds is 5. The smallest absolute Gasteiger partial charge is 0.271 e. The van der Waals surface area contributed by atoms with E-state index in [0.29, 0.717) is 0 Å². The molecule has 0 aliphatic heterocycles. The third-order valence-corrected chi connectivity index (χ3v) is 2.85. The highest BCUT2D eigenvalue weighted by Gasteiger charge is 2.20. The van der Waals surface area contributed by atoms with Gasteiger partial charge in [-0.1, -0.05) is 12.8 Å². The van der Waals surface area contributed by atoms with Crippen molar-refractivity contribution in [2.45, 2.75) is 26.2 Å². The Morgan fingerprint density at radius 3 is 2.81 bits per heavy atom. The second kappa shape index (κ2) is 4.51. The van der Waals surface area contributed by atoms with Gasteiger partial charge in [-0.3, -0.25) is 10.1 Å². The molecule has 0 bridgehead atoms. The van der Waals surface area contributed by atoms with Crippen molar-refractivity contribution in [2.24, 2.45) is 5.92 Å². The zero-order chi connectivity index (χ0) is 11.5. The number of nitro benzene ring substituents is 1. The number of anilines is 1. The van der Waals surface area contributed by atoms with Gasteiger partial charge in [0, 0.05) is 24.4 Å². The minimum atomic E-state index is -0.348. The molecule has 1 aromatic carbocycles. The molecule has 0 atom stereocenters. The molecule has 0 radical (unpaired) electrons. The van der Waals surface area contributed by atoms with Gasteiger partial charge in [-0.25, -0.2) is 0 Å². The minimum Gasteiger partial charge on any atom is -0.385 e. The van der Waals surface area contributed by atoms with Gasteiger partial charge in [-0.15, -0.1) is 0 Å². The van der Waals surface area contributed by atoms with Crippen molar-refractivity contribution in [3.8, 4) is 0 Å². The van der Waals surface area contributed by atoms with E-state index in [1.54, 1.807) is 12.1 Å². The summed E-state index contributed by atoms with van der Waals surface area (Å²) in [7, 11) is 0. The normalized spacial score (nSPS) is 14.8. The topological polar surface area (TPSA) is 55.2 Å². The lowest BCUT2D eigenvalue weighted by Crippen LogP contribution is -2.03. The summed E-state index contributed by atoms with van der Waals surface area (Å²) in [4.78, 5) is 10.3. The monoisotopic (exact) mass is 220 g/mol. The van der Waals surface area contributed by atoms with Gasteiger partial charge < -0.3 is 5.32 Å². The summed E-state index contributed by atoms with van der Waals surface area (Å²) in [6, 6.07) is 5.13. The van der Waals surface area contributed by atoms with Gasteiger partial charge in [-0.05, 0) is 30.9 Å². The average molecular weight is 220 g/mol. The van der Waals surface area contributed by atoms with Gasteiger partial charge in [-0.2, -0.15) is 0 Å². The van der Waals surface area contributed by atoms with Gasteiger partial charge in [0.2, 0.25) is 0 Å². The number of non-ortho nitro benzene ring substituents is 1. The van der Waals surface area contributed by atoms with E-state index in [2.05, 4.69) is 5.32 Å². The van der Waals surface area contributed by atoms with E-state index in [1.165, 1.54) is 19.3 Å². The van der Waals surface area contributed by atoms with Crippen molar-refractivity contribution in [3.63, 3.8) is 0 Å². The average Bonchev–Trinajstić information content (AvgIpc) is 3.01. The molecule has 1 aliphatic carbocycles. The van der Waals surface area contributed by atoms with E-state index in [1.807, 2.05) is 13.0 Å². The number of nitrogens with zero attached hydrogens (tertiary/aromatic N) is 1. The summed E-state index contributed by atoms with van der Waals surface area (Å²) in [6.45, 7) is 2.78. The number of aryl methyl sites for hydroxylation is 1. The second-order valence-electron chi connectivity index (χ2n) is 4.47. The van der Waals surface area contributed by atoms with Gasteiger partial charge in [0.05, 0.1) is 4.92 Å². The zero-order valence-electron chi connectivity index (χ0n) is 9.40. The summed E-state index contributed by atoms with van der Waals surface area (Å²) in [6.07, 6.45) is 3.85. The van der Waals surface area contributed by atoms with E-state index >= 15 is 0 Å². The largest absolute Gasteiger partial charge is 0.385 e. The lowest BCUT2D eigenvalue weighted by molar-refractivity contribution is -0.384. The van der Waals surface area contributed by atoms with Crippen LogP contribution >= 0.6 is 0 Å². The molecular weight excluding hydrogens is 204 g/mol. The first-order chi connectivity index (χ1) is 7.65. The molecule has 1 fully saturated rings. The number of benzene rings is 1. The molecule has 0 unspecified atom stereocenters. The summed E-state index contributed by atoms with van der Waals surface area (Å²) >= 11 is 0. The summed E-state index contributed by atoms with van der Waals surface area (Å²) in [5.41, 5.74) is 1.93. The SMILES string of the molecule is Cc1cc(NCCC2CC2)cc([N+](=O)[O-])c1. The van der Waals surface area contributed by atoms with Crippen LogP contribution in [-0.4, -0.2) is 11.5 Å². The van der Waals surface area contributed by atoms with Crippen LogP contribution in [0, 0.1) is 23.0 Å². The van der Waals surface area contributed by atoms with Crippen molar-refractivity contribution in [3.05, 3.63) is 33.9 Å². The van der Waals surface area contributed by atoms with E-state index in [9.17, 15) is 10.1 Å². The molecular formula is C12H16N2O2. The molecule has 1 aromatic rings. The summed E-state index contributed by atoms with van der Waals surface area (Å²) in [5, 5.41) is 13.9. The second-order valence-corrected chi connectivity index (χ2v) is 4.47. The Hall–Kier alpha value is -1.58. The van der Waals surface area contributed by atoms with Crippen molar-refractivity contribution < 1.29 is 4.92 Å². The lowest BCUT2D eigenvalue weighted by Gasteiger charge is -2.06. The molecule has 0 aromatic heterocycles. The predicted octanol–water partition coefficient (Wildman–Crippen LogP) is 3.12. The zero-order valence-corrected chi connectivity index (χ0v) is 9.40. The molecule has 0 amide bonds. The highest BCUT2D eigenvalue weighted by molar-refractivity contribution is 5.53. The predicted molar refractivity (Wildman–Crippen MR) is 63.7 cm³/mol. The van der Waals surface area contributed by atoms with Gasteiger partial charge in [0.25, 0.3) is 5.69 Å². The molecule has 86 valence electrons. The van der Waals surface area contributed by atoms with Gasteiger partial charge in [0.15, 0.2) is 0 Å². The fourth-order valence-electron chi connectivity index (χ4n) is 1.80. The van der Waals surface area contributed by atoms with Crippen LogP contribution in [0.25, 0.3) is 0 Å². The number of hydrogen-bond donors (Lipinski definition) is 1. The first kappa shape index (κ1) is 10.9. The van der Waals surface area contributed by atoms with Crippen LogP contribution in [0.1, 0.15) is 24.8 Å². The Morgan fingerprint density at radius 1 is 1.44 bits per heavy atom. The number of nitro groups is 1. The molecule has 0 saturated heterocycles. The molecule has 16 heavy (non-hydrogen) atoms. The fourth-order valence-corrected chi connectivity index (χ4v) is 1.80. The highest BCUT2D eigenvalue weighted by Crippen LogP contribution is 2.32. The Labute approximate surface area is 94.8 Å². The summed E-state index contributed by atoms with van der Waals surface area (Å²) in [5.74, 6) is 0.882. The van der Waals surface area contributed by atoms with Crippen LogP contribution in [0.2, 0.25) is 0 Å². The molecule has 2 rings (SSSR count). The molecule has 1 saturated carbocycles. The lowest BCUT2D eigenvalue weighted by atomic mass is 10.2. The Bertz CT molecular complexity index is 400. The first-order valence-electron chi connectivity index (χ1n) is 5.65.